The molecule has 0 aliphatic rings. The van der Waals surface area contributed by atoms with E-state index in [0.29, 0.717) is 32.0 Å². The molecule has 0 aromatic carbocycles. The number of guanidine groups is 1. The number of aliphatic imine (C=N–C) groups is 1. The molecule has 1 aromatic heterocycles. The summed E-state index contributed by atoms with van der Waals surface area (Å²) in [7, 11) is 0. The molecule has 22 heavy (non-hydrogen) atoms. The highest BCUT2D eigenvalue weighted by atomic mass is 127. The second kappa shape index (κ2) is 11.0. The van der Waals surface area contributed by atoms with Gasteiger partial charge in [-0.3, -0.25) is 0 Å². The van der Waals surface area contributed by atoms with Gasteiger partial charge in [-0.2, -0.15) is 13.2 Å². The first-order valence-electron chi connectivity index (χ1n) is 6.91. The number of unbranched alkanes of at least 4 members (excludes halogenated alkanes) is 1. The van der Waals surface area contributed by atoms with Crippen LogP contribution in [0.2, 0.25) is 0 Å². The van der Waals surface area contributed by atoms with Gasteiger partial charge >= 0.3 is 6.18 Å². The van der Waals surface area contributed by atoms with Crippen molar-refractivity contribution < 1.29 is 13.2 Å². The first kappa shape index (κ1) is 21.4. The highest BCUT2D eigenvalue weighted by molar-refractivity contribution is 14.0. The second-order valence-corrected chi connectivity index (χ2v) is 5.88. The van der Waals surface area contributed by atoms with Gasteiger partial charge in [-0.05, 0) is 26.7 Å². The van der Waals surface area contributed by atoms with E-state index in [1.807, 2.05) is 13.8 Å². The molecule has 0 spiro atoms. The van der Waals surface area contributed by atoms with Crippen LogP contribution < -0.4 is 10.6 Å². The summed E-state index contributed by atoms with van der Waals surface area (Å²) in [5, 5.41) is 7.01. The van der Waals surface area contributed by atoms with Crippen LogP contribution in [-0.4, -0.2) is 30.2 Å². The number of hydrogen-bond donors (Lipinski definition) is 2. The van der Waals surface area contributed by atoms with Crippen molar-refractivity contribution in [2.75, 3.05) is 13.1 Å². The zero-order valence-corrected chi connectivity index (χ0v) is 15.8. The minimum atomic E-state index is -4.07. The molecular formula is C13H22F3IN4S. The topological polar surface area (TPSA) is 49.3 Å². The molecule has 0 radical (unpaired) electrons. The smallest absolute Gasteiger partial charge is 0.357 e. The van der Waals surface area contributed by atoms with Gasteiger partial charge in [-0.25, -0.2) is 9.98 Å². The molecule has 0 aliphatic carbocycles. The van der Waals surface area contributed by atoms with Crippen LogP contribution in [0.3, 0.4) is 0 Å². The standard InChI is InChI=1S/C13H21F3N4S.HI/c1-3-17-12(18-7-5-4-6-13(14,15)16)20-9-11-19-8-10(2)21-11;/h8H,3-7,9H2,1-2H3,(H2,17,18,20);1H. The van der Waals surface area contributed by atoms with Crippen molar-refractivity contribution in [3.05, 3.63) is 16.1 Å². The third-order valence-corrected chi connectivity index (χ3v) is 3.46. The lowest BCUT2D eigenvalue weighted by Gasteiger charge is -2.11. The van der Waals surface area contributed by atoms with Crippen LogP contribution in [0.15, 0.2) is 11.2 Å². The Morgan fingerprint density at radius 3 is 2.59 bits per heavy atom. The van der Waals surface area contributed by atoms with E-state index < -0.39 is 12.6 Å². The van der Waals surface area contributed by atoms with Crippen LogP contribution in [0, 0.1) is 6.92 Å². The third kappa shape index (κ3) is 10.2. The van der Waals surface area contributed by atoms with E-state index >= 15 is 0 Å². The molecule has 0 bridgehead atoms. The number of aryl methyl sites for hydroxylation is 1. The first-order chi connectivity index (χ1) is 9.90. The van der Waals surface area contributed by atoms with Gasteiger partial charge in [-0.1, -0.05) is 0 Å². The van der Waals surface area contributed by atoms with Crippen molar-refractivity contribution in [3.63, 3.8) is 0 Å². The van der Waals surface area contributed by atoms with Crippen molar-refractivity contribution in [3.8, 4) is 0 Å². The number of halogens is 4. The normalized spacial score (nSPS) is 12.0. The fourth-order valence-corrected chi connectivity index (χ4v) is 2.33. The predicted molar refractivity (Wildman–Crippen MR) is 95.0 cm³/mol. The number of aromatic nitrogens is 1. The molecular weight excluding hydrogens is 428 g/mol. The Labute approximate surface area is 150 Å². The van der Waals surface area contributed by atoms with Crippen molar-refractivity contribution in [2.45, 2.75) is 45.8 Å². The summed E-state index contributed by atoms with van der Waals surface area (Å²) >= 11 is 1.58. The molecule has 1 aromatic rings. The van der Waals surface area contributed by atoms with E-state index in [0.717, 1.165) is 9.88 Å². The molecule has 0 unspecified atom stereocenters. The Bertz CT molecular complexity index is 449. The highest BCUT2D eigenvalue weighted by Gasteiger charge is 2.25. The number of nitrogens with one attached hydrogen (secondary N) is 2. The monoisotopic (exact) mass is 450 g/mol. The van der Waals surface area contributed by atoms with Crippen molar-refractivity contribution in [2.24, 2.45) is 4.99 Å². The highest BCUT2D eigenvalue weighted by Crippen LogP contribution is 2.21. The second-order valence-electron chi connectivity index (χ2n) is 4.56. The Hall–Kier alpha value is -0.580. The Morgan fingerprint density at radius 1 is 1.32 bits per heavy atom. The van der Waals surface area contributed by atoms with Crippen molar-refractivity contribution in [1.82, 2.24) is 15.6 Å². The van der Waals surface area contributed by atoms with Gasteiger partial charge in [-0.15, -0.1) is 35.3 Å². The average Bonchev–Trinajstić information content (AvgIpc) is 2.80. The van der Waals surface area contributed by atoms with E-state index in [4.69, 9.17) is 0 Å². The van der Waals surface area contributed by atoms with Gasteiger partial charge < -0.3 is 10.6 Å². The maximum Gasteiger partial charge on any atom is 0.389 e. The number of nitrogens with zero attached hydrogens (tertiary/aromatic N) is 2. The van der Waals surface area contributed by atoms with Gasteiger partial charge in [0.05, 0.1) is 6.54 Å². The van der Waals surface area contributed by atoms with Crippen molar-refractivity contribution >= 4 is 41.3 Å². The van der Waals surface area contributed by atoms with Crippen molar-refractivity contribution in [1.29, 1.82) is 0 Å². The van der Waals surface area contributed by atoms with Crippen LogP contribution >= 0.6 is 35.3 Å². The van der Waals surface area contributed by atoms with Gasteiger partial charge in [0.2, 0.25) is 0 Å². The summed E-state index contributed by atoms with van der Waals surface area (Å²) in [6.45, 7) is 5.56. The minimum Gasteiger partial charge on any atom is -0.357 e. The summed E-state index contributed by atoms with van der Waals surface area (Å²) in [6.07, 6.45) is -2.42. The predicted octanol–water partition coefficient (Wildman–Crippen LogP) is 3.86. The van der Waals surface area contributed by atoms with Crippen LogP contribution in [0.5, 0.6) is 0 Å². The molecule has 1 rings (SSSR count). The Balaban J connectivity index is 0.00000441. The Morgan fingerprint density at radius 2 is 2.05 bits per heavy atom. The molecule has 128 valence electrons. The van der Waals surface area contributed by atoms with Crippen LogP contribution in [-0.2, 0) is 6.54 Å². The van der Waals surface area contributed by atoms with Crippen LogP contribution in [0.4, 0.5) is 13.2 Å². The van der Waals surface area contributed by atoms with Gasteiger partial charge in [0, 0.05) is 30.6 Å². The van der Waals surface area contributed by atoms with Gasteiger partial charge in [0.25, 0.3) is 0 Å². The molecule has 0 saturated heterocycles. The summed E-state index contributed by atoms with van der Waals surface area (Å²) in [6, 6.07) is 0. The summed E-state index contributed by atoms with van der Waals surface area (Å²) in [5.41, 5.74) is 0. The lowest BCUT2D eigenvalue weighted by molar-refractivity contribution is -0.135. The zero-order chi connectivity index (χ0) is 15.7. The van der Waals surface area contributed by atoms with Crippen LogP contribution in [0.1, 0.15) is 36.1 Å². The van der Waals surface area contributed by atoms with Gasteiger partial charge in [0.15, 0.2) is 5.96 Å². The number of thiazole rings is 1. The summed E-state index contributed by atoms with van der Waals surface area (Å²) in [4.78, 5) is 9.71. The molecule has 2 N–H and O–H groups in total. The fourth-order valence-electron chi connectivity index (χ4n) is 1.62. The molecule has 0 aliphatic heterocycles. The van der Waals surface area contributed by atoms with E-state index in [9.17, 15) is 13.2 Å². The largest absolute Gasteiger partial charge is 0.389 e. The maximum absolute atomic E-state index is 12.0. The number of alkyl halides is 3. The Kier molecular flexibility index (Phi) is 10.7. The number of rotatable bonds is 7. The summed E-state index contributed by atoms with van der Waals surface area (Å²) < 4.78 is 36.0. The average molecular weight is 450 g/mol. The summed E-state index contributed by atoms with van der Waals surface area (Å²) in [5.74, 6) is 0.609. The molecule has 1 heterocycles. The van der Waals surface area contributed by atoms with E-state index in [1.54, 1.807) is 17.5 Å². The van der Waals surface area contributed by atoms with E-state index in [1.165, 1.54) is 0 Å². The molecule has 0 fully saturated rings. The van der Waals surface area contributed by atoms with Crippen LogP contribution in [0.25, 0.3) is 0 Å². The lowest BCUT2D eigenvalue weighted by Crippen LogP contribution is -2.37. The molecule has 9 heteroatoms. The first-order valence-corrected chi connectivity index (χ1v) is 7.72. The van der Waals surface area contributed by atoms with Gasteiger partial charge in [0.1, 0.15) is 5.01 Å². The quantitative estimate of drug-likeness (QED) is 0.287. The van der Waals surface area contributed by atoms with E-state index in [-0.39, 0.29) is 30.4 Å². The maximum atomic E-state index is 12.0. The SMILES string of the molecule is CCNC(=NCc1ncc(C)s1)NCCCCC(F)(F)F.I. The molecule has 0 saturated carbocycles. The third-order valence-electron chi connectivity index (χ3n) is 2.57. The van der Waals surface area contributed by atoms with E-state index in [2.05, 4.69) is 20.6 Å². The minimum absolute atomic E-state index is 0. The fraction of sp³-hybridized carbons (Fsp3) is 0.692. The molecule has 0 atom stereocenters. The number of hydrogen-bond acceptors (Lipinski definition) is 3. The molecule has 0 amide bonds. The molecule has 4 nitrogen and oxygen atoms in total. The zero-order valence-electron chi connectivity index (χ0n) is 12.7. The lowest BCUT2D eigenvalue weighted by atomic mass is 10.2.